The van der Waals surface area contributed by atoms with E-state index in [1.807, 2.05) is 42.2 Å². The van der Waals surface area contributed by atoms with Crippen LogP contribution in [0.3, 0.4) is 0 Å². The van der Waals surface area contributed by atoms with Crippen LogP contribution in [0, 0.1) is 10.1 Å². The fraction of sp³-hybridized carbons (Fsp3) is 0.345. The van der Waals surface area contributed by atoms with E-state index in [0.29, 0.717) is 29.4 Å². The van der Waals surface area contributed by atoms with Crippen molar-refractivity contribution in [3.8, 4) is 17.0 Å². The van der Waals surface area contributed by atoms with E-state index >= 15 is 0 Å². The zero-order chi connectivity index (χ0) is 29.3. The van der Waals surface area contributed by atoms with E-state index in [2.05, 4.69) is 20.9 Å². The van der Waals surface area contributed by atoms with Crippen molar-refractivity contribution < 1.29 is 19.2 Å². The Morgan fingerprint density at radius 1 is 1.20 bits per heavy atom. The lowest BCUT2D eigenvalue weighted by atomic mass is 10.0. The van der Waals surface area contributed by atoms with Crippen molar-refractivity contribution >= 4 is 39.9 Å². The molecule has 0 aliphatic carbocycles. The number of aromatic nitrogens is 3. The fourth-order valence-corrected chi connectivity index (χ4v) is 5.22. The first-order valence-corrected chi connectivity index (χ1v) is 13.3. The van der Waals surface area contributed by atoms with E-state index in [9.17, 15) is 14.9 Å². The van der Waals surface area contributed by atoms with Crippen LogP contribution in [0.15, 0.2) is 42.7 Å². The van der Waals surface area contributed by atoms with Crippen LogP contribution >= 0.6 is 0 Å². The molecule has 1 aliphatic heterocycles. The van der Waals surface area contributed by atoms with Crippen molar-refractivity contribution in [2.45, 2.75) is 19.4 Å². The zero-order valence-electron chi connectivity index (χ0n) is 23.8. The number of carbonyl (C=O) groups excluding carboxylic acids is 1. The lowest BCUT2D eigenvalue weighted by Gasteiger charge is -2.22. The predicted octanol–water partition coefficient (Wildman–Crippen LogP) is 4.49. The van der Waals surface area contributed by atoms with Crippen LogP contribution < -0.4 is 15.0 Å². The van der Waals surface area contributed by atoms with Gasteiger partial charge in [-0.05, 0) is 32.5 Å². The maximum absolute atomic E-state index is 12.8. The summed E-state index contributed by atoms with van der Waals surface area (Å²) in [6.07, 6.45) is 5.43. The second kappa shape index (κ2) is 11.4. The van der Waals surface area contributed by atoms with Crippen LogP contribution in [0.5, 0.6) is 5.75 Å². The van der Waals surface area contributed by atoms with E-state index in [0.717, 1.165) is 42.4 Å². The second-order valence-corrected chi connectivity index (χ2v) is 10.2. The molecule has 0 saturated heterocycles. The zero-order valence-corrected chi connectivity index (χ0v) is 23.8. The molecule has 0 radical (unpaired) electrons. The van der Waals surface area contributed by atoms with Gasteiger partial charge in [-0.15, -0.1) is 0 Å². The summed E-state index contributed by atoms with van der Waals surface area (Å²) in [5.41, 5.74) is 4.45. The number of hydrogen-bond acceptors (Lipinski definition) is 10. The molecule has 214 valence electrons. The summed E-state index contributed by atoms with van der Waals surface area (Å²) in [6.45, 7) is 2.17. The Balaban J connectivity index is 1.59. The molecule has 5 rings (SSSR count). The molecule has 0 bridgehead atoms. The monoisotopic (exact) mass is 559 g/mol. The van der Waals surface area contributed by atoms with Gasteiger partial charge in [0.05, 0.1) is 36.0 Å². The van der Waals surface area contributed by atoms with Gasteiger partial charge in [-0.1, -0.05) is 18.2 Å². The third-order valence-electron chi connectivity index (χ3n) is 7.31. The summed E-state index contributed by atoms with van der Waals surface area (Å²) < 4.78 is 12.8. The van der Waals surface area contributed by atoms with Crippen molar-refractivity contribution in [3.63, 3.8) is 0 Å². The molecule has 1 aliphatic rings. The van der Waals surface area contributed by atoms with Crippen LogP contribution in [-0.4, -0.2) is 78.8 Å². The highest BCUT2D eigenvalue weighted by atomic mass is 16.6. The van der Waals surface area contributed by atoms with Gasteiger partial charge in [-0.2, -0.15) is 0 Å². The van der Waals surface area contributed by atoms with Crippen molar-refractivity contribution in [1.82, 2.24) is 19.4 Å². The Morgan fingerprint density at radius 2 is 2.00 bits per heavy atom. The molecule has 1 N–H and O–H groups in total. The average Bonchev–Trinajstić information content (AvgIpc) is 3.35. The number of aryl methyl sites for hydroxylation is 2. The molecule has 2 aromatic heterocycles. The van der Waals surface area contributed by atoms with Crippen LogP contribution in [0.25, 0.3) is 22.2 Å². The Hall–Kier alpha value is -4.71. The maximum atomic E-state index is 12.8. The molecule has 0 atom stereocenters. The summed E-state index contributed by atoms with van der Waals surface area (Å²) in [4.78, 5) is 37.3. The lowest BCUT2D eigenvalue weighted by Crippen LogP contribution is -2.29. The number of rotatable bonds is 10. The SMILES string of the molecule is COC(=O)c1cnc(Nc2cc([N+](=O)[O-])c(N(C)CCN(C)C)cc2OC)nc1-c1cn2c3c(cccc13)CCC2. The van der Waals surface area contributed by atoms with E-state index < -0.39 is 10.9 Å². The molecule has 12 heteroatoms. The number of benzene rings is 2. The van der Waals surface area contributed by atoms with Gasteiger partial charge in [0.1, 0.15) is 17.0 Å². The van der Waals surface area contributed by atoms with Gasteiger partial charge in [0.15, 0.2) is 0 Å². The van der Waals surface area contributed by atoms with Gasteiger partial charge < -0.3 is 29.2 Å². The number of nitro benzene ring substituents is 1. The number of carbonyl (C=O) groups is 1. The largest absolute Gasteiger partial charge is 0.494 e. The standard InChI is InChI=1S/C29H33N7O5/c1-33(2)12-13-34(3)23-15-25(40-4)22(14-24(23)36(38)39)31-29-30-16-20(28(37)41-5)26(32-29)21-17-35-11-7-9-18-8-6-10-19(21)27(18)35/h6,8,10,14-17H,7,9,11-13H2,1-5H3,(H,30,31,32). The summed E-state index contributed by atoms with van der Waals surface area (Å²) in [7, 11) is 8.50. The first-order valence-electron chi connectivity index (χ1n) is 13.3. The molecule has 4 aromatic rings. The lowest BCUT2D eigenvalue weighted by molar-refractivity contribution is -0.384. The van der Waals surface area contributed by atoms with Crippen molar-refractivity contribution in [3.05, 3.63) is 64.0 Å². The van der Waals surface area contributed by atoms with E-state index in [1.54, 1.807) is 13.1 Å². The van der Waals surface area contributed by atoms with Crippen molar-refractivity contribution in [2.75, 3.05) is 58.7 Å². The van der Waals surface area contributed by atoms with Gasteiger partial charge in [-0.25, -0.2) is 14.8 Å². The number of hydrogen-bond donors (Lipinski definition) is 1. The fourth-order valence-electron chi connectivity index (χ4n) is 5.22. The smallest absolute Gasteiger partial charge is 0.341 e. The maximum Gasteiger partial charge on any atom is 0.341 e. The highest BCUT2D eigenvalue weighted by Gasteiger charge is 2.25. The highest BCUT2D eigenvalue weighted by Crippen LogP contribution is 2.40. The predicted molar refractivity (Wildman–Crippen MR) is 157 cm³/mol. The second-order valence-electron chi connectivity index (χ2n) is 10.2. The van der Waals surface area contributed by atoms with Crippen molar-refractivity contribution in [1.29, 1.82) is 0 Å². The number of esters is 1. The molecule has 3 heterocycles. The minimum Gasteiger partial charge on any atom is -0.494 e. The molecule has 12 nitrogen and oxygen atoms in total. The van der Waals surface area contributed by atoms with Crippen molar-refractivity contribution in [2.24, 2.45) is 0 Å². The summed E-state index contributed by atoms with van der Waals surface area (Å²) >= 11 is 0. The summed E-state index contributed by atoms with van der Waals surface area (Å²) in [6, 6.07) is 9.19. The number of likely N-dealkylation sites (N-methyl/N-ethyl adjacent to an activating group) is 2. The van der Waals surface area contributed by atoms with Gasteiger partial charge in [0.25, 0.3) is 5.69 Å². The van der Waals surface area contributed by atoms with E-state index in [4.69, 9.17) is 14.5 Å². The number of anilines is 3. The summed E-state index contributed by atoms with van der Waals surface area (Å²) in [5, 5.41) is 16.1. The molecule has 0 saturated carbocycles. The number of nitrogens with one attached hydrogen (secondary N) is 1. The third kappa shape index (κ3) is 5.38. The Morgan fingerprint density at radius 3 is 2.71 bits per heavy atom. The van der Waals surface area contributed by atoms with Crippen LogP contribution in [0.2, 0.25) is 0 Å². The first-order chi connectivity index (χ1) is 19.7. The molecule has 2 aromatic carbocycles. The number of nitro groups is 1. The molecular formula is C29H33N7O5. The normalized spacial score (nSPS) is 12.4. The molecule has 0 spiro atoms. The highest BCUT2D eigenvalue weighted by molar-refractivity contribution is 6.03. The molecular weight excluding hydrogens is 526 g/mol. The average molecular weight is 560 g/mol. The quantitative estimate of drug-likeness (QED) is 0.169. The number of para-hydroxylation sites is 1. The number of nitrogens with zero attached hydrogens (tertiary/aromatic N) is 6. The molecule has 0 unspecified atom stereocenters. The minimum absolute atomic E-state index is 0.0880. The number of ether oxygens (including phenoxy) is 2. The van der Waals surface area contributed by atoms with Crippen LogP contribution in [-0.2, 0) is 17.7 Å². The minimum atomic E-state index is -0.559. The van der Waals surface area contributed by atoms with Crippen LogP contribution in [0.1, 0.15) is 22.3 Å². The van der Waals surface area contributed by atoms with Crippen LogP contribution in [0.4, 0.5) is 23.0 Å². The van der Waals surface area contributed by atoms with Gasteiger partial charge >= 0.3 is 5.97 Å². The molecule has 0 fully saturated rings. The third-order valence-corrected chi connectivity index (χ3v) is 7.31. The van der Waals surface area contributed by atoms with Gasteiger partial charge in [0, 0.05) is 62.2 Å². The molecule has 0 amide bonds. The van der Waals surface area contributed by atoms with E-state index in [-0.39, 0.29) is 17.2 Å². The van der Waals surface area contributed by atoms with E-state index in [1.165, 1.54) is 32.0 Å². The number of methoxy groups -OCH3 is 2. The Kier molecular flexibility index (Phi) is 7.75. The Bertz CT molecular complexity index is 1630. The molecule has 41 heavy (non-hydrogen) atoms. The summed E-state index contributed by atoms with van der Waals surface area (Å²) in [5.74, 6) is -0.0191. The van der Waals surface area contributed by atoms with Gasteiger partial charge in [-0.3, -0.25) is 10.1 Å². The van der Waals surface area contributed by atoms with Gasteiger partial charge in [0.2, 0.25) is 5.95 Å². The first kappa shape index (κ1) is 27.8. The topological polar surface area (TPSA) is 128 Å². The Labute approximate surface area is 237 Å².